The number of fused-ring (bicyclic) bond motifs is 5. The molecular formula is C28H47O4+. The van der Waals surface area contributed by atoms with Crippen molar-refractivity contribution in [3.05, 3.63) is 6.92 Å². The summed E-state index contributed by atoms with van der Waals surface area (Å²) in [5.41, 5.74) is 0.298. The number of hydrogen-bond donors (Lipinski definition) is 2. The molecule has 4 fully saturated rings. The Morgan fingerprint density at radius 3 is 2.41 bits per heavy atom. The molecule has 4 aliphatic rings. The maximum absolute atomic E-state index is 11.8. The third-order valence-corrected chi connectivity index (χ3v) is 11.3. The first kappa shape index (κ1) is 24.5. The number of aliphatic hydroxyl groups excluding tert-OH is 2. The molecule has 0 bridgehead atoms. The zero-order valence-electron chi connectivity index (χ0n) is 21.1. The molecule has 32 heavy (non-hydrogen) atoms. The van der Waals surface area contributed by atoms with E-state index >= 15 is 0 Å². The van der Waals surface area contributed by atoms with Gasteiger partial charge in [-0.05, 0) is 97.2 Å². The van der Waals surface area contributed by atoms with Crippen molar-refractivity contribution in [1.29, 1.82) is 0 Å². The molecule has 0 saturated heterocycles. The van der Waals surface area contributed by atoms with Gasteiger partial charge in [-0.1, -0.05) is 34.1 Å². The van der Waals surface area contributed by atoms with Gasteiger partial charge in [0.05, 0.1) is 24.7 Å². The number of ether oxygens (including phenoxy) is 1. The number of methoxy groups -OCH3 is 1. The monoisotopic (exact) mass is 447 g/mol. The zero-order valence-corrected chi connectivity index (χ0v) is 21.1. The van der Waals surface area contributed by atoms with Crippen molar-refractivity contribution in [1.82, 2.24) is 0 Å². The van der Waals surface area contributed by atoms with E-state index in [1.807, 2.05) is 7.11 Å². The lowest BCUT2D eigenvalue weighted by atomic mass is 9.41. The van der Waals surface area contributed by atoms with Gasteiger partial charge in [0.15, 0.2) is 0 Å². The second-order valence-corrected chi connectivity index (χ2v) is 12.5. The maximum Gasteiger partial charge on any atom is 0.303 e. The molecule has 0 spiro atoms. The predicted molar refractivity (Wildman–Crippen MR) is 127 cm³/mol. The average Bonchev–Trinajstić information content (AvgIpc) is 3.02. The number of hydrogen-bond acceptors (Lipinski definition) is 4. The van der Waals surface area contributed by atoms with Crippen LogP contribution in [-0.2, 0) is 9.53 Å². The van der Waals surface area contributed by atoms with Gasteiger partial charge in [-0.2, -0.15) is 0 Å². The minimum atomic E-state index is -0.333. The lowest BCUT2D eigenvalue weighted by Crippen LogP contribution is -2.62. The van der Waals surface area contributed by atoms with Crippen LogP contribution in [0.4, 0.5) is 0 Å². The third-order valence-electron chi connectivity index (χ3n) is 11.3. The summed E-state index contributed by atoms with van der Waals surface area (Å²) in [4.78, 5) is 11.5. The maximum atomic E-state index is 11.8. The van der Waals surface area contributed by atoms with Gasteiger partial charge < -0.3 is 14.9 Å². The molecule has 0 heterocycles. The molecule has 0 amide bonds. The molecule has 0 aromatic carbocycles. The van der Waals surface area contributed by atoms with Crippen molar-refractivity contribution < 1.29 is 19.7 Å². The summed E-state index contributed by atoms with van der Waals surface area (Å²) in [6.07, 6.45) is 8.51. The number of carbonyl (C=O) groups excluding carboxylic acids is 1. The largest absolute Gasteiger partial charge is 0.393 e. The topological polar surface area (TPSA) is 66.8 Å². The zero-order chi connectivity index (χ0) is 23.4. The molecule has 0 aromatic heterocycles. The molecule has 12 atom stereocenters. The Balaban J connectivity index is 1.64. The van der Waals surface area contributed by atoms with Crippen LogP contribution in [0, 0.1) is 59.2 Å². The first-order chi connectivity index (χ1) is 15.1. The van der Waals surface area contributed by atoms with Crippen molar-refractivity contribution in [2.45, 2.75) is 104 Å². The summed E-state index contributed by atoms with van der Waals surface area (Å²) in [5, 5.41) is 23.1. The van der Waals surface area contributed by atoms with Gasteiger partial charge in [-0.15, -0.1) is 0 Å². The van der Waals surface area contributed by atoms with Crippen molar-refractivity contribution in [3.8, 4) is 0 Å². The number of aliphatic hydroxyl groups is 2. The molecule has 0 aromatic rings. The van der Waals surface area contributed by atoms with Gasteiger partial charge in [0.25, 0.3) is 0 Å². The molecule has 12 unspecified atom stereocenters. The van der Waals surface area contributed by atoms with E-state index in [4.69, 9.17) is 4.74 Å². The number of ketones is 1. The van der Waals surface area contributed by atoms with Crippen molar-refractivity contribution >= 4 is 5.78 Å². The van der Waals surface area contributed by atoms with Crippen LogP contribution >= 0.6 is 0 Å². The summed E-state index contributed by atoms with van der Waals surface area (Å²) in [6, 6.07) is 0. The highest BCUT2D eigenvalue weighted by Crippen LogP contribution is 2.69. The minimum absolute atomic E-state index is 0.00568. The van der Waals surface area contributed by atoms with Crippen molar-refractivity contribution in [2.75, 3.05) is 7.11 Å². The van der Waals surface area contributed by atoms with E-state index in [1.54, 1.807) is 0 Å². The molecule has 4 aliphatic carbocycles. The van der Waals surface area contributed by atoms with Crippen LogP contribution in [0.2, 0.25) is 0 Å². The summed E-state index contributed by atoms with van der Waals surface area (Å²) in [6.45, 7) is 12.9. The Labute approximate surface area is 195 Å². The van der Waals surface area contributed by atoms with E-state index in [0.717, 1.165) is 44.9 Å². The lowest BCUT2D eigenvalue weighted by molar-refractivity contribution is -0.205. The summed E-state index contributed by atoms with van der Waals surface area (Å²) >= 11 is 0. The Bertz CT molecular complexity index is 693. The first-order valence-electron chi connectivity index (χ1n) is 13.3. The molecule has 4 saturated carbocycles. The van der Waals surface area contributed by atoms with Gasteiger partial charge in [0, 0.05) is 7.11 Å². The predicted octanol–water partition coefficient (Wildman–Crippen LogP) is 5.06. The van der Waals surface area contributed by atoms with Crippen LogP contribution in [0.3, 0.4) is 0 Å². The number of Topliss-reactive ketones (excluding diaryl/α,β-unsaturated/α-hetero) is 1. The summed E-state index contributed by atoms with van der Waals surface area (Å²) in [5.74, 6) is 2.51. The Morgan fingerprint density at radius 1 is 1.09 bits per heavy atom. The fourth-order valence-electron chi connectivity index (χ4n) is 9.81. The Morgan fingerprint density at radius 2 is 1.78 bits per heavy atom. The fraction of sp³-hybridized carbons (Fsp3) is 0.929. The van der Waals surface area contributed by atoms with E-state index in [2.05, 4.69) is 34.6 Å². The first-order valence-corrected chi connectivity index (χ1v) is 13.3. The van der Waals surface area contributed by atoms with E-state index in [1.165, 1.54) is 6.42 Å². The fourth-order valence-corrected chi connectivity index (χ4v) is 9.81. The summed E-state index contributed by atoms with van der Waals surface area (Å²) < 4.78 is 5.79. The highest BCUT2D eigenvalue weighted by atomic mass is 16.5. The molecule has 4 rings (SSSR count). The molecule has 4 heteroatoms. The van der Waals surface area contributed by atoms with E-state index in [9.17, 15) is 15.0 Å². The van der Waals surface area contributed by atoms with Gasteiger partial charge >= 0.3 is 5.78 Å². The molecule has 0 radical (unpaired) electrons. The quantitative estimate of drug-likeness (QED) is 0.559. The van der Waals surface area contributed by atoms with Crippen LogP contribution < -0.4 is 0 Å². The van der Waals surface area contributed by atoms with Crippen LogP contribution in [-0.4, -0.2) is 41.4 Å². The normalized spacial score (nSPS) is 51.4. The smallest absolute Gasteiger partial charge is 0.303 e. The van der Waals surface area contributed by atoms with Gasteiger partial charge in [0.1, 0.15) is 6.92 Å². The van der Waals surface area contributed by atoms with Crippen molar-refractivity contribution in [2.24, 2.45) is 52.3 Å². The van der Waals surface area contributed by atoms with Crippen LogP contribution in [0.15, 0.2) is 0 Å². The highest BCUT2D eigenvalue weighted by Gasteiger charge is 2.66. The van der Waals surface area contributed by atoms with Crippen LogP contribution in [0.5, 0.6) is 0 Å². The Kier molecular flexibility index (Phi) is 6.82. The number of carbonyl (C=O) groups is 1. The van der Waals surface area contributed by atoms with E-state index in [-0.39, 0.29) is 40.7 Å². The molecular weight excluding hydrogens is 400 g/mol. The van der Waals surface area contributed by atoms with E-state index in [0.29, 0.717) is 42.1 Å². The molecule has 0 aliphatic heterocycles. The molecule has 2 N–H and O–H groups in total. The number of rotatable bonds is 6. The van der Waals surface area contributed by atoms with Gasteiger partial charge in [-0.3, -0.25) is 0 Å². The van der Waals surface area contributed by atoms with Crippen LogP contribution in [0.25, 0.3) is 0 Å². The standard InChI is InChI=1S/C28H47O4/c1-7-19-21-14-18(32-6)10-12-27(21,4)20-11-13-28(5)22(24(20)26(19)31)15-23(30)25(28)16(2)8-9-17(3)29/h16,18-26,30-31H,3,7-15H2,1-2,4-6H3/q+1. The molecule has 182 valence electrons. The Hall–Kier alpha value is -0.580. The second kappa shape index (κ2) is 8.89. The lowest BCUT2D eigenvalue weighted by Gasteiger charge is -2.64. The van der Waals surface area contributed by atoms with E-state index < -0.39 is 0 Å². The van der Waals surface area contributed by atoms with Gasteiger partial charge in [-0.25, -0.2) is 4.79 Å². The van der Waals surface area contributed by atoms with Crippen molar-refractivity contribution in [3.63, 3.8) is 0 Å². The highest BCUT2D eigenvalue weighted by molar-refractivity contribution is 5.82. The average molecular weight is 448 g/mol. The SMILES string of the molecule is [CH2+]C(=O)CCC(C)C1C(O)CC2C3C(O)C(CC)C4CC(OC)CCC4(C)C3CCC21C. The van der Waals surface area contributed by atoms with Crippen LogP contribution in [0.1, 0.15) is 85.5 Å². The second-order valence-electron chi connectivity index (χ2n) is 12.5. The summed E-state index contributed by atoms with van der Waals surface area (Å²) in [7, 11) is 1.84. The minimum Gasteiger partial charge on any atom is -0.393 e. The van der Waals surface area contributed by atoms with Gasteiger partial charge in [0.2, 0.25) is 0 Å². The molecule has 4 nitrogen and oxygen atoms in total. The third kappa shape index (κ3) is 3.67.